The highest BCUT2D eigenvalue weighted by molar-refractivity contribution is 5.90. The van der Waals surface area contributed by atoms with Gasteiger partial charge in [-0.2, -0.15) is 0 Å². The lowest BCUT2D eigenvalue weighted by Gasteiger charge is -2.17. The third-order valence-electron chi connectivity index (χ3n) is 3.87. The van der Waals surface area contributed by atoms with Crippen molar-refractivity contribution >= 4 is 11.9 Å². The highest BCUT2D eigenvalue weighted by atomic mass is 16.5. The topological polar surface area (TPSA) is 72.8 Å². The van der Waals surface area contributed by atoms with E-state index in [2.05, 4.69) is 13.5 Å². The van der Waals surface area contributed by atoms with Gasteiger partial charge in [0.1, 0.15) is 17.4 Å². The average molecular weight is 348 g/mol. The van der Waals surface area contributed by atoms with Crippen LogP contribution in [-0.2, 0) is 9.53 Å². The zero-order valence-corrected chi connectivity index (χ0v) is 14.9. The van der Waals surface area contributed by atoms with Gasteiger partial charge < -0.3 is 14.6 Å². The number of rotatable bonds is 13. The first-order valence-corrected chi connectivity index (χ1v) is 8.86. The van der Waals surface area contributed by atoms with E-state index < -0.39 is 11.9 Å². The quantitative estimate of drug-likeness (QED) is 0.320. The van der Waals surface area contributed by atoms with Gasteiger partial charge in [0.25, 0.3) is 0 Å². The Bertz CT molecular complexity index is 553. The van der Waals surface area contributed by atoms with Gasteiger partial charge >= 0.3 is 11.9 Å². The predicted octanol–water partition coefficient (Wildman–Crippen LogP) is 4.61. The molecule has 0 aliphatic rings. The van der Waals surface area contributed by atoms with Gasteiger partial charge in [-0.3, -0.25) is 0 Å². The maximum atomic E-state index is 11.4. The molecule has 0 saturated carbocycles. The van der Waals surface area contributed by atoms with Crippen LogP contribution in [0.1, 0.15) is 62.2 Å². The molecular formula is C20H28O5. The minimum Gasteiger partial charge on any atom is -0.493 e. The highest BCUT2D eigenvalue weighted by Crippen LogP contribution is 2.19. The molecule has 1 aromatic rings. The van der Waals surface area contributed by atoms with E-state index in [0.29, 0.717) is 25.2 Å². The molecular weight excluding hydrogens is 320 g/mol. The number of carbonyl (C=O) groups is 2. The van der Waals surface area contributed by atoms with Crippen LogP contribution >= 0.6 is 0 Å². The number of para-hydroxylation sites is 1. The van der Waals surface area contributed by atoms with Crippen LogP contribution in [-0.4, -0.2) is 29.8 Å². The fourth-order valence-electron chi connectivity index (χ4n) is 2.54. The molecule has 0 radical (unpaired) electrons. The number of esters is 1. The molecule has 1 aromatic carbocycles. The molecule has 1 rings (SSSR count). The predicted molar refractivity (Wildman–Crippen MR) is 97.0 cm³/mol. The summed E-state index contributed by atoms with van der Waals surface area (Å²) in [6, 6.07) is 6.56. The molecule has 0 bridgehead atoms. The summed E-state index contributed by atoms with van der Waals surface area (Å²) in [6.45, 7) is 5.96. The summed E-state index contributed by atoms with van der Waals surface area (Å²) >= 11 is 0. The van der Waals surface area contributed by atoms with Crippen LogP contribution in [0.4, 0.5) is 0 Å². The summed E-state index contributed by atoms with van der Waals surface area (Å²) in [5, 5.41) is 9.13. The highest BCUT2D eigenvalue weighted by Gasteiger charge is 2.14. The van der Waals surface area contributed by atoms with Gasteiger partial charge in [0.2, 0.25) is 0 Å². The first-order valence-electron chi connectivity index (χ1n) is 8.86. The van der Waals surface area contributed by atoms with E-state index in [9.17, 15) is 9.59 Å². The van der Waals surface area contributed by atoms with Crippen molar-refractivity contribution in [3.8, 4) is 5.75 Å². The third kappa shape index (κ3) is 8.38. The summed E-state index contributed by atoms with van der Waals surface area (Å²) in [4.78, 5) is 22.6. The normalized spacial score (nSPS) is 11.6. The summed E-state index contributed by atoms with van der Waals surface area (Å²) in [7, 11) is 0. The molecule has 138 valence electrons. The van der Waals surface area contributed by atoms with Crippen LogP contribution < -0.4 is 4.74 Å². The van der Waals surface area contributed by atoms with Crippen molar-refractivity contribution in [3.63, 3.8) is 0 Å². The molecule has 0 aliphatic heterocycles. The van der Waals surface area contributed by atoms with Crippen molar-refractivity contribution in [3.05, 3.63) is 42.5 Å². The lowest BCUT2D eigenvalue weighted by molar-refractivity contribution is -0.143. The minimum atomic E-state index is -1.01. The van der Waals surface area contributed by atoms with E-state index >= 15 is 0 Å². The fraction of sp³-hybridized carbons (Fsp3) is 0.500. The summed E-state index contributed by atoms with van der Waals surface area (Å²) in [5.41, 5.74) is 0.150. The van der Waals surface area contributed by atoms with Crippen LogP contribution in [0.2, 0.25) is 0 Å². The monoisotopic (exact) mass is 348 g/mol. The Morgan fingerprint density at radius 2 is 1.88 bits per heavy atom. The Balaban J connectivity index is 2.43. The van der Waals surface area contributed by atoms with Crippen molar-refractivity contribution < 1.29 is 24.2 Å². The number of carboxylic acids is 1. The van der Waals surface area contributed by atoms with Crippen LogP contribution in [0.5, 0.6) is 5.75 Å². The van der Waals surface area contributed by atoms with Gasteiger partial charge in [0.05, 0.1) is 6.61 Å². The second kappa shape index (κ2) is 12.1. The molecule has 0 fully saturated rings. The molecule has 1 unspecified atom stereocenters. The molecule has 0 amide bonds. The second-order valence-corrected chi connectivity index (χ2v) is 5.90. The van der Waals surface area contributed by atoms with E-state index in [1.165, 1.54) is 18.6 Å². The van der Waals surface area contributed by atoms with Crippen LogP contribution in [0.25, 0.3) is 0 Å². The SMILES string of the molecule is C=CC(=O)OC(CCCCCC)CCCOc1ccccc1C(=O)O. The van der Waals surface area contributed by atoms with Crippen LogP contribution in [0.15, 0.2) is 36.9 Å². The fourth-order valence-corrected chi connectivity index (χ4v) is 2.54. The summed E-state index contributed by atoms with van der Waals surface area (Å²) in [6.07, 6.45) is 7.69. The van der Waals surface area contributed by atoms with E-state index in [1.54, 1.807) is 18.2 Å². The third-order valence-corrected chi connectivity index (χ3v) is 3.87. The van der Waals surface area contributed by atoms with Gasteiger partial charge in [-0.1, -0.05) is 44.9 Å². The number of benzene rings is 1. The molecule has 1 atom stereocenters. The van der Waals surface area contributed by atoms with Crippen molar-refractivity contribution in [2.24, 2.45) is 0 Å². The number of hydrogen-bond donors (Lipinski definition) is 1. The zero-order valence-electron chi connectivity index (χ0n) is 14.9. The van der Waals surface area contributed by atoms with Gasteiger partial charge in [-0.15, -0.1) is 0 Å². The molecule has 0 saturated heterocycles. The lowest BCUT2D eigenvalue weighted by atomic mass is 10.1. The first-order chi connectivity index (χ1) is 12.1. The van der Waals surface area contributed by atoms with E-state index in [-0.39, 0.29) is 11.7 Å². The summed E-state index contributed by atoms with van der Waals surface area (Å²) in [5.74, 6) is -1.06. The Morgan fingerprint density at radius 1 is 1.16 bits per heavy atom. The average Bonchev–Trinajstić information content (AvgIpc) is 2.62. The molecule has 25 heavy (non-hydrogen) atoms. The maximum absolute atomic E-state index is 11.4. The Kier molecular flexibility index (Phi) is 10.1. The van der Waals surface area contributed by atoms with Crippen LogP contribution in [0, 0.1) is 0 Å². The molecule has 0 aliphatic carbocycles. The molecule has 0 heterocycles. The largest absolute Gasteiger partial charge is 0.493 e. The van der Waals surface area contributed by atoms with E-state index in [0.717, 1.165) is 25.7 Å². The number of hydrogen-bond acceptors (Lipinski definition) is 4. The Morgan fingerprint density at radius 3 is 2.56 bits per heavy atom. The van der Waals surface area contributed by atoms with Gasteiger partial charge in [-0.05, 0) is 37.8 Å². The number of aromatic carboxylic acids is 1. The molecule has 5 heteroatoms. The number of carbonyl (C=O) groups excluding carboxylic acids is 1. The summed E-state index contributed by atoms with van der Waals surface area (Å²) < 4.78 is 11.0. The Hall–Kier alpha value is -2.30. The molecule has 5 nitrogen and oxygen atoms in total. The minimum absolute atomic E-state index is 0.150. The van der Waals surface area contributed by atoms with Gasteiger partial charge in [0, 0.05) is 6.08 Å². The van der Waals surface area contributed by atoms with E-state index in [4.69, 9.17) is 14.6 Å². The Labute approximate surface area is 149 Å². The van der Waals surface area contributed by atoms with Crippen molar-refractivity contribution in [2.45, 2.75) is 58.0 Å². The van der Waals surface area contributed by atoms with Crippen molar-refractivity contribution in [2.75, 3.05) is 6.61 Å². The number of ether oxygens (including phenoxy) is 2. The molecule has 0 spiro atoms. The zero-order chi connectivity index (χ0) is 18.5. The lowest BCUT2D eigenvalue weighted by Crippen LogP contribution is -2.18. The number of unbranched alkanes of at least 4 members (excludes halogenated alkanes) is 3. The van der Waals surface area contributed by atoms with E-state index in [1.807, 2.05) is 0 Å². The standard InChI is InChI=1S/C20H28O5/c1-3-5-6-7-11-16(25-19(21)4-2)12-10-15-24-18-14-9-8-13-17(18)20(22)23/h4,8-9,13-14,16H,2-3,5-7,10-12,15H2,1H3,(H,22,23). The van der Waals surface area contributed by atoms with Crippen molar-refractivity contribution in [1.82, 2.24) is 0 Å². The first kappa shape index (κ1) is 20.7. The second-order valence-electron chi connectivity index (χ2n) is 5.90. The molecule has 1 N–H and O–H groups in total. The van der Waals surface area contributed by atoms with Crippen molar-refractivity contribution in [1.29, 1.82) is 0 Å². The maximum Gasteiger partial charge on any atom is 0.339 e. The van der Waals surface area contributed by atoms with Crippen LogP contribution in [0.3, 0.4) is 0 Å². The number of carboxylic acid groups (broad SMARTS) is 1. The smallest absolute Gasteiger partial charge is 0.339 e. The van der Waals surface area contributed by atoms with Gasteiger partial charge in [0.15, 0.2) is 0 Å². The van der Waals surface area contributed by atoms with Gasteiger partial charge in [-0.25, -0.2) is 9.59 Å². The molecule has 0 aromatic heterocycles.